The molecule has 0 heterocycles. The van der Waals surface area contributed by atoms with Crippen LogP contribution in [-0.4, -0.2) is 5.91 Å². The highest BCUT2D eigenvalue weighted by atomic mass is 35.5. The van der Waals surface area contributed by atoms with Crippen molar-refractivity contribution in [2.75, 3.05) is 5.32 Å². The van der Waals surface area contributed by atoms with Crippen molar-refractivity contribution in [3.63, 3.8) is 0 Å². The monoisotopic (exact) mass is 428 g/mol. The van der Waals surface area contributed by atoms with Gasteiger partial charge in [0.05, 0.1) is 0 Å². The Balaban J connectivity index is 1.92. The molecular formula is C27H25ClN2O. The summed E-state index contributed by atoms with van der Waals surface area (Å²) in [5, 5.41) is 13.0. The zero-order chi connectivity index (χ0) is 22.5. The molecule has 0 atom stereocenters. The van der Waals surface area contributed by atoms with E-state index in [0.29, 0.717) is 17.1 Å². The normalized spacial score (nSPS) is 11.2. The van der Waals surface area contributed by atoms with Gasteiger partial charge in [0.25, 0.3) is 5.91 Å². The standard InChI is InChI=1S/C27H25ClN2O/c1-17-9-18(2)11-21(10-17)13-22-6-7-25(28)15-23(22)14-24(16-29)27(31)30-26-8-5-19(3)20(4)12-26/h5-12,14-15H,13H2,1-4H3,(H,30,31)/b24-14+. The van der Waals surface area contributed by atoms with Crippen LogP contribution in [0.15, 0.2) is 60.2 Å². The van der Waals surface area contributed by atoms with Crippen molar-refractivity contribution in [3.8, 4) is 6.07 Å². The number of anilines is 1. The average Bonchev–Trinajstić information content (AvgIpc) is 2.70. The van der Waals surface area contributed by atoms with Crippen molar-refractivity contribution in [1.82, 2.24) is 0 Å². The summed E-state index contributed by atoms with van der Waals surface area (Å²) in [6.07, 6.45) is 2.29. The van der Waals surface area contributed by atoms with Gasteiger partial charge >= 0.3 is 0 Å². The molecule has 0 aliphatic rings. The van der Waals surface area contributed by atoms with Crippen molar-refractivity contribution in [3.05, 3.63) is 104 Å². The number of hydrogen-bond acceptors (Lipinski definition) is 2. The van der Waals surface area contributed by atoms with Crippen LogP contribution in [-0.2, 0) is 11.2 Å². The maximum Gasteiger partial charge on any atom is 0.266 e. The van der Waals surface area contributed by atoms with E-state index in [1.807, 2.05) is 50.2 Å². The molecule has 3 rings (SSSR count). The van der Waals surface area contributed by atoms with E-state index in [1.54, 1.807) is 12.1 Å². The number of nitrogens with one attached hydrogen (secondary N) is 1. The highest BCUT2D eigenvalue weighted by Crippen LogP contribution is 2.23. The van der Waals surface area contributed by atoms with Crippen LogP contribution in [0.25, 0.3) is 6.08 Å². The van der Waals surface area contributed by atoms with Crippen LogP contribution in [0.3, 0.4) is 0 Å². The maximum absolute atomic E-state index is 12.8. The lowest BCUT2D eigenvalue weighted by Gasteiger charge is -2.10. The third kappa shape index (κ3) is 5.84. The van der Waals surface area contributed by atoms with Gasteiger partial charge in [0.15, 0.2) is 0 Å². The van der Waals surface area contributed by atoms with Crippen molar-refractivity contribution < 1.29 is 4.79 Å². The molecule has 3 nitrogen and oxygen atoms in total. The predicted molar refractivity (Wildman–Crippen MR) is 128 cm³/mol. The summed E-state index contributed by atoms with van der Waals surface area (Å²) < 4.78 is 0. The molecule has 0 radical (unpaired) electrons. The third-order valence-electron chi connectivity index (χ3n) is 5.21. The van der Waals surface area contributed by atoms with Crippen LogP contribution >= 0.6 is 11.6 Å². The lowest BCUT2D eigenvalue weighted by Crippen LogP contribution is -2.13. The molecule has 0 aliphatic carbocycles. The molecule has 31 heavy (non-hydrogen) atoms. The number of nitrogens with zero attached hydrogens (tertiary/aromatic N) is 1. The Morgan fingerprint density at radius 1 is 0.968 bits per heavy atom. The second kappa shape index (κ2) is 9.64. The summed E-state index contributed by atoms with van der Waals surface area (Å²) in [7, 11) is 0. The number of benzene rings is 3. The van der Waals surface area contributed by atoms with Gasteiger partial charge in [0, 0.05) is 10.7 Å². The van der Waals surface area contributed by atoms with Gasteiger partial charge < -0.3 is 5.32 Å². The van der Waals surface area contributed by atoms with Crippen LogP contribution in [0.4, 0.5) is 5.69 Å². The highest BCUT2D eigenvalue weighted by molar-refractivity contribution is 6.30. The number of nitriles is 1. The number of rotatable bonds is 5. The molecule has 1 amide bonds. The fourth-order valence-electron chi connectivity index (χ4n) is 3.57. The van der Waals surface area contributed by atoms with Crippen molar-refractivity contribution in [2.45, 2.75) is 34.1 Å². The first kappa shape index (κ1) is 22.3. The van der Waals surface area contributed by atoms with Crippen LogP contribution in [0.5, 0.6) is 0 Å². The molecule has 3 aromatic carbocycles. The number of carbonyl (C=O) groups is 1. The Morgan fingerprint density at radius 3 is 2.32 bits per heavy atom. The fourth-order valence-corrected chi connectivity index (χ4v) is 3.75. The molecule has 0 saturated heterocycles. The van der Waals surface area contributed by atoms with Gasteiger partial charge in [-0.15, -0.1) is 0 Å². The van der Waals surface area contributed by atoms with Crippen LogP contribution in [0, 0.1) is 39.0 Å². The quantitative estimate of drug-likeness (QED) is 0.362. The molecule has 0 aromatic heterocycles. The molecule has 0 spiro atoms. The zero-order valence-electron chi connectivity index (χ0n) is 18.2. The number of amides is 1. The summed E-state index contributed by atoms with van der Waals surface area (Å²) in [5.74, 6) is -0.442. The van der Waals surface area contributed by atoms with Crippen LogP contribution in [0.2, 0.25) is 5.02 Å². The smallest absolute Gasteiger partial charge is 0.266 e. The van der Waals surface area contributed by atoms with Crippen LogP contribution in [0.1, 0.15) is 38.9 Å². The molecule has 0 aliphatic heterocycles. The summed E-state index contributed by atoms with van der Waals surface area (Å²) in [5.41, 5.74) is 8.25. The van der Waals surface area contributed by atoms with E-state index in [1.165, 1.54) is 16.7 Å². The number of carbonyl (C=O) groups excluding carboxylic acids is 1. The van der Waals surface area contributed by atoms with E-state index in [9.17, 15) is 10.1 Å². The van der Waals surface area contributed by atoms with Gasteiger partial charge in [0.1, 0.15) is 11.6 Å². The van der Waals surface area contributed by atoms with E-state index < -0.39 is 5.91 Å². The molecule has 1 N–H and O–H groups in total. The van der Waals surface area contributed by atoms with Crippen molar-refractivity contribution in [2.24, 2.45) is 0 Å². The van der Waals surface area contributed by atoms with Gasteiger partial charge in [-0.3, -0.25) is 4.79 Å². The molecule has 4 heteroatoms. The first-order valence-corrected chi connectivity index (χ1v) is 10.5. The summed E-state index contributed by atoms with van der Waals surface area (Å²) >= 11 is 6.23. The number of aryl methyl sites for hydroxylation is 4. The first-order chi connectivity index (χ1) is 14.7. The zero-order valence-corrected chi connectivity index (χ0v) is 19.0. The van der Waals surface area contributed by atoms with E-state index in [2.05, 4.69) is 37.4 Å². The van der Waals surface area contributed by atoms with Gasteiger partial charge in [-0.1, -0.05) is 53.1 Å². The average molecular weight is 429 g/mol. The van der Waals surface area contributed by atoms with Gasteiger partial charge in [0.2, 0.25) is 0 Å². The predicted octanol–water partition coefficient (Wildman–Crippen LogP) is 6.71. The number of hydrogen-bond donors (Lipinski definition) is 1. The number of halogens is 1. The van der Waals surface area contributed by atoms with E-state index >= 15 is 0 Å². The SMILES string of the molecule is Cc1cc(C)cc(Cc2ccc(Cl)cc2/C=C(\C#N)C(=O)Nc2ccc(C)c(C)c2)c1. The molecule has 0 fully saturated rings. The molecule has 0 saturated carbocycles. The second-order valence-electron chi connectivity index (χ2n) is 7.94. The van der Waals surface area contributed by atoms with Crippen molar-refractivity contribution >= 4 is 29.3 Å². The Hall–Kier alpha value is -3.35. The fraction of sp³-hybridized carbons (Fsp3) is 0.185. The van der Waals surface area contributed by atoms with E-state index in [0.717, 1.165) is 22.3 Å². The minimum absolute atomic E-state index is 0.0298. The van der Waals surface area contributed by atoms with E-state index in [4.69, 9.17) is 11.6 Å². The topological polar surface area (TPSA) is 52.9 Å². The molecular weight excluding hydrogens is 404 g/mol. The van der Waals surface area contributed by atoms with E-state index in [-0.39, 0.29) is 5.57 Å². The Kier molecular flexibility index (Phi) is 6.95. The third-order valence-corrected chi connectivity index (χ3v) is 5.45. The van der Waals surface area contributed by atoms with Crippen molar-refractivity contribution in [1.29, 1.82) is 5.26 Å². The lowest BCUT2D eigenvalue weighted by molar-refractivity contribution is -0.112. The molecule has 3 aromatic rings. The van der Waals surface area contributed by atoms with Gasteiger partial charge in [-0.05, 0) is 92.3 Å². The molecule has 0 unspecified atom stereocenters. The maximum atomic E-state index is 12.8. The Labute approximate surface area is 189 Å². The Bertz CT molecular complexity index is 1200. The minimum Gasteiger partial charge on any atom is -0.321 e. The van der Waals surface area contributed by atoms with Crippen LogP contribution < -0.4 is 5.32 Å². The summed E-state index contributed by atoms with van der Waals surface area (Å²) in [6, 6.07) is 19.7. The molecule has 0 bridgehead atoms. The second-order valence-corrected chi connectivity index (χ2v) is 8.38. The first-order valence-electron chi connectivity index (χ1n) is 10.1. The van der Waals surface area contributed by atoms with Gasteiger partial charge in [-0.25, -0.2) is 0 Å². The minimum atomic E-state index is -0.442. The summed E-state index contributed by atoms with van der Waals surface area (Å²) in [4.78, 5) is 12.8. The lowest BCUT2D eigenvalue weighted by atomic mass is 9.96. The molecule has 156 valence electrons. The largest absolute Gasteiger partial charge is 0.321 e. The Morgan fingerprint density at radius 2 is 1.68 bits per heavy atom. The summed E-state index contributed by atoms with van der Waals surface area (Å²) in [6.45, 7) is 8.14. The highest BCUT2D eigenvalue weighted by Gasteiger charge is 2.12. The van der Waals surface area contributed by atoms with Gasteiger partial charge in [-0.2, -0.15) is 5.26 Å².